The fraction of sp³-hybridized carbons (Fsp3) is 0.409. The van der Waals surface area contributed by atoms with Crippen molar-refractivity contribution in [3.8, 4) is 11.1 Å². The van der Waals surface area contributed by atoms with E-state index in [1.54, 1.807) is 7.05 Å². The van der Waals surface area contributed by atoms with Crippen molar-refractivity contribution < 1.29 is 4.79 Å². The average molecular weight is 351 g/mol. The maximum Gasteiger partial charge on any atom is 0.237 e. The number of carbonyl (C=O) groups excluding carboxylic acids is 1. The van der Waals surface area contributed by atoms with Crippen molar-refractivity contribution in [2.45, 2.75) is 44.9 Å². The van der Waals surface area contributed by atoms with E-state index in [2.05, 4.69) is 77.9 Å². The van der Waals surface area contributed by atoms with Gasteiger partial charge >= 0.3 is 0 Å². The lowest BCUT2D eigenvalue weighted by Gasteiger charge is -2.26. The van der Waals surface area contributed by atoms with E-state index in [-0.39, 0.29) is 11.9 Å². The first-order valence-electron chi connectivity index (χ1n) is 9.43. The van der Waals surface area contributed by atoms with Crippen LogP contribution in [0.1, 0.15) is 25.8 Å². The molecule has 0 aliphatic carbocycles. The van der Waals surface area contributed by atoms with E-state index in [0.717, 1.165) is 19.5 Å². The van der Waals surface area contributed by atoms with Gasteiger partial charge in [-0.25, -0.2) is 0 Å². The third kappa shape index (κ3) is 4.32. The van der Waals surface area contributed by atoms with Crippen LogP contribution in [0, 0.1) is 0 Å². The molecule has 0 bridgehead atoms. The first-order valence-corrected chi connectivity index (χ1v) is 9.43. The van der Waals surface area contributed by atoms with E-state index in [1.165, 1.54) is 16.7 Å². The van der Waals surface area contributed by atoms with Gasteiger partial charge in [-0.2, -0.15) is 0 Å². The first-order chi connectivity index (χ1) is 12.6. The van der Waals surface area contributed by atoms with Crippen molar-refractivity contribution in [1.29, 1.82) is 0 Å². The summed E-state index contributed by atoms with van der Waals surface area (Å²) in [6.45, 7) is 6.05. The highest BCUT2D eigenvalue weighted by Gasteiger charge is 2.37. The van der Waals surface area contributed by atoms with Gasteiger partial charge in [-0.3, -0.25) is 9.69 Å². The highest BCUT2D eigenvalue weighted by atomic mass is 16.2. The zero-order valence-electron chi connectivity index (χ0n) is 15.9. The number of hydrogen-bond donors (Lipinski definition) is 2. The Labute approximate surface area is 156 Å². The van der Waals surface area contributed by atoms with E-state index < -0.39 is 0 Å². The number of hydrogen-bond acceptors (Lipinski definition) is 3. The first kappa shape index (κ1) is 18.6. The van der Waals surface area contributed by atoms with Gasteiger partial charge in [0.2, 0.25) is 5.91 Å². The summed E-state index contributed by atoms with van der Waals surface area (Å²) in [5, 5.41) is 6.43. The monoisotopic (exact) mass is 351 g/mol. The number of carbonyl (C=O) groups is 1. The number of rotatable bonds is 6. The van der Waals surface area contributed by atoms with Crippen molar-refractivity contribution in [2.75, 3.05) is 13.6 Å². The zero-order chi connectivity index (χ0) is 18.5. The Hall–Kier alpha value is -2.17. The van der Waals surface area contributed by atoms with Gasteiger partial charge in [-0.1, -0.05) is 54.6 Å². The number of nitrogens with zero attached hydrogens (tertiary/aromatic N) is 1. The fourth-order valence-electron chi connectivity index (χ4n) is 3.71. The summed E-state index contributed by atoms with van der Waals surface area (Å²) in [5.74, 6) is 0.121. The minimum atomic E-state index is -0.0297. The molecule has 0 aromatic heterocycles. The third-order valence-electron chi connectivity index (χ3n) is 5.21. The summed E-state index contributed by atoms with van der Waals surface area (Å²) in [4.78, 5) is 14.4. The van der Waals surface area contributed by atoms with Crippen LogP contribution in [0.5, 0.6) is 0 Å². The van der Waals surface area contributed by atoms with Crippen LogP contribution in [0.25, 0.3) is 11.1 Å². The molecule has 2 atom stereocenters. The van der Waals surface area contributed by atoms with Crippen LogP contribution in [0.4, 0.5) is 0 Å². The molecule has 4 heteroatoms. The summed E-state index contributed by atoms with van der Waals surface area (Å²) in [7, 11) is 1.72. The SMILES string of the molecule is CNC(=O)[C@@H]1C[C@H](NCc2ccc(-c3ccccc3)cc2)CN1C(C)C. The number of benzene rings is 2. The predicted octanol–water partition coefficient (Wildman–Crippen LogP) is 3.04. The third-order valence-corrected chi connectivity index (χ3v) is 5.21. The molecule has 2 aromatic carbocycles. The van der Waals surface area contributed by atoms with E-state index in [1.807, 2.05) is 6.07 Å². The topological polar surface area (TPSA) is 44.4 Å². The Balaban J connectivity index is 1.58. The molecule has 0 spiro atoms. The van der Waals surface area contributed by atoms with E-state index in [9.17, 15) is 4.79 Å². The molecular weight excluding hydrogens is 322 g/mol. The molecule has 1 aliphatic heterocycles. The fourth-order valence-corrected chi connectivity index (χ4v) is 3.71. The van der Waals surface area contributed by atoms with E-state index >= 15 is 0 Å². The number of amides is 1. The minimum Gasteiger partial charge on any atom is -0.358 e. The van der Waals surface area contributed by atoms with Crippen molar-refractivity contribution in [3.05, 3.63) is 60.2 Å². The molecule has 2 aromatic rings. The van der Waals surface area contributed by atoms with Crippen molar-refractivity contribution >= 4 is 5.91 Å². The standard InChI is InChI=1S/C22H29N3O/c1-16(2)25-15-20(13-21(25)22(26)23-3)24-14-17-9-11-19(12-10-17)18-7-5-4-6-8-18/h4-12,16,20-21,24H,13-15H2,1-3H3,(H,23,26)/t20-,21-/m0/s1. The molecule has 1 aliphatic rings. The average Bonchev–Trinajstić information content (AvgIpc) is 3.11. The minimum absolute atomic E-state index is 0.0297. The Kier molecular flexibility index (Phi) is 6.07. The predicted molar refractivity (Wildman–Crippen MR) is 107 cm³/mol. The Morgan fingerprint density at radius 1 is 1.08 bits per heavy atom. The van der Waals surface area contributed by atoms with Crippen molar-refractivity contribution in [1.82, 2.24) is 15.5 Å². The molecule has 138 valence electrons. The normalized spacial score (nSPS) is 20.5. The molecule has 1 fully saturated rings. The van der Waals surface area contributed by atoms with Gasteiger partial charge in [0.1, 0.15) is 0 Å². The summed E-state index contributed by atoms with van der Waals surface area (Å²) >= 11 is 0. The van der Waals surface area contributed by atoms with Crippen LogP contribution in [0.15, 0.2) is 54.6 Å². The lowest BCUT2D eigenvalue weighted by Crippen LogP contribution is -2.45. The largest absolute Gasteiger partial charge is 0.358 e. The quantitative estimate of drug-likeness (QED) is 0.841. The van der Waals surface area contributed by atoms with Gasteiger partial charge in [0.25, 0.3) is 0 Å². The van der Waals surface area contributed by atoms with Gasteiger partial charge in [0, 0.05) is 32.2 Å². The van der Waals surface area contributed by atoms with Crippen molar-refractivity contribution in [3.63, 3.8) is 0 Å². The van der Waals surface area contributed by atoms with Crippen LogP contribution < -0.4 is 10.6 Å². The second-order valence-electron chi connectivity index (χ2n) is 7.30. The van der Waals surface area contributed by atoms with Crippen LogP contribution in [0.2, 0.25) is 0 Å². The summed E-state index contributed by atoms with van der Waals surface area (Å²) < 4.78 is 0. The molecule has 26 heavy (non-hydrogen) atoms. The molecule has 4 nitrogen and oxygen atoms in total. The van der Waals surface area contributed by atoms with Gasteiger partial charge in [-0.05, 0) is 37.0 Å². The molecule has 1 saturated heterocycles. The molecule has 0 saturated carbocycles. The second kappa shape index (κ2) is 8.47. The smallest absolute Gasteiger partial charge is 0.237 e. The second-order valence-corrected chi connectivity index (χ2v) is 7.30. The molecular formula is C22H29N3O. The Morgan fingerprint density at radius 2 is 1.73 bits per heavy atom. The molecule has 1 amide bonds. The van der Waals surface area contributed by atoms with Gasteiger partial charge in [-0.15, -0.1) is 0 Å². The molecule has 2 N–H and O–H groups in total. The highest BCUT2D eigenvalue weighted by molar-refractivity contribution is 5.82. The molecule has 0 unspecified atom stereocenters. The van der Waals surface area contributed by atoms with Crippen LogP contribution in [0.3, 0.4) is 0 Å². The van der Waals surface area contributed by atoms with E-state index in [4.69, 9.17) is 0 Å². The summed E-state index contributed by atoms with van der Waals surface area (Å²) in [6.07, 6.45) is 0.861. The lowest BCUT2D eigenvalue weighted by molar-refractivity contribution is -0.125. The van der Waals surface area contributed by atoms with E-state index in [0.29, 0.717) is 12.1 Å². The molecule has 3 rings (SSSR count). The van der Waals surface area contributed by atoms with Crippen LogP contribution >= 0.6 is 0 Å². The number of likely N-dealkylation sites (N-methyl/N-ethyl adjacent to an activating group) is 1. The highest BCUT2D eigenvalue weighted by Crippen LogP contribution is 2.22. The van der Waals surface area contributed by atoms with Gasteiger partial charge in [0.15, 0.2) is 0 Å². The Bertz CT molecular complexity index is 712. The number of likely N-dealkylation sites (tertiary alicyclic amines) is 1. The summed E-state index contributed by atoms with van der Waals surface area (Å²) in [5.41, 5.74) is 3.74. The summed E-state index contributed by atoms with van der Waals surface area (Å²) in [6, 6.07) is 19.8. The maximum absolute atomic E-state index is 12.1. The van der Waals surface area contributed by atoms with Crippen molar-refractivity contribution in [2.24, 2.45) is 0 Å². The number of nitrogens with one attached hydrogen (secondary N) is 2. The lowest BCUT2D eigenvalue weighted by atomic mass is 10.0. The molecule has 0 radical (unpaired) electrons. The van der Waals surface area contributed by atoms with Gasteiger partial charge in [0.05, 0.1) is 6.04 Å². The van der Waals surface area contributed by atoms with Crippen LogP contribution in [-0.2, 0) is 11.3 Å². The maximum atomic E-state index is 12.1. The molecule has 1 heterocycles. The Morgan fingerprint density at radius 3 is 2.35 bits per heavy atom. The van der Waals surface area contributed by atoms with Crippen LogP contribution in [-0.4, -0.2) is 42.5 Å². The zero-order valence-corrected chi connectivity index (χ0v) is 15.9. The van der Waals surface area contributed by atoms with Gasteiger partial charge < -0.3 is 10.6 Å².